The molecule has 1 saturated heterocycles. The van der Waals surface area contributed by atoms with Crippen molar-refractivity contribution in [3.8, 4) is 0 Å². The predicted octanol–water partition coefficient (Wildman–Crippen LogP) is -2.46. The lowest BCUT2D eigenvalue weighted by molar-refractivity contribution is -0.142. The van der Waals surface area contributed by atoms with Crippen LogP contribution in [0.3, 0.4) is 0 Å². The number of rotatable bonds is 33. The largest absolute Gasteiger partial charge is 0.481 e. The summed E-state index contributed by atoms with van der Waals surface area (Å²) in [6.07, 6.45) is -0.112. The normalized spacial score (nSPS) is 22.3. The molecule has 0 aliphatic carbocycles. The number of unbranched alkanes of at least 4 members (excludes halogenated alkanes) is 1. The Kier molecular flexibility index (Phi) is 33.7. The number of carboxylic acids is 2. The van der Waals surface area contributed by atoms with E-state index in [0.29, 0.717) is 22.1 Å². The summed E-state index contributed by atoms with van der Waals surface area (Å²) in [5.74, 6) is -15.3. The second kappa shape index (κ2) is 40.6. The van der Waals surface area contributed by atoms with Gasteiger partial charge in [-0.05, 0) is 80.7 Å². The number of aromatic nitrogens is 2. The number of amides is 12. The van der Waals surface area contributed by atoms with Crippen molar-refractivity contribution in [2.24, 2.45) is 45.9 Å². The van der Waals surface area contributed by atoms with Crippen LogP contribution < -0.4 is 75.7 Å². The van der Waals surface area contributed by atoms with Crippen LogP contribution in [0.4, 0.5) is 0 Å². The van der Waals surface area contributed by atoms with Crippen LogP contribution in [0.2, 0.25) is 0 Å². The van der Waals surface area contributed by atoms with Crippen molar-refractivity contribution >= 4 is 99.6 Å². The highest BCUT2D eigenvalue weighted by Crippen LogP contribution is 2.24. The molecule has 1 fully saturated rings. The van der Waals surface area contributed by atoms with E-state index in [2.05, 4.69) is 73.4 Å². The maximum Gasteiger partial charge on any atom is 0.305 e. The Morgan fingerprint density at radius 3 is 1.74 bits per heavy atom. The molecule has 2 aliphatic rings. The van der Waals surface area contributed by atoms with Crippen LogP contribution in [0.1, 0.15) is 137 Å². The summed E-state index contributed by atoms with van der Waals surface area (Å²) in [7, 11) is 0. The van der Waals surface area contributed by atoms with Crippen LogP contribution in [0.25, 0.3) is 0 Å². The van der Waals surface area contributed by atoms with E-state index < -0.39 is 187 Å². The number of thioether (sulfide) groups is 1. The second-order valence-corrected chi connectivity index (χ2v) is 26.7. The fourth-order valence-electron chi connectivity index (χ4n) is 10.5. The van der Waals surface area contributed by atoms with Crippen molar-refractivity contribution in [1.82, 2.24) is 68.5 Å². The molecule has 0 spiro atoms. The van der Waals surface area contributed by atoms with E-state index in [1.165, 1.54) is 24.3 Å². The molecule has 4 rings (SSSR count). The Balaban J connectivity index is 1.63. The van der Waals surface area contributed by atoms with E-state index in [0.717, 1.165) is 6.42 Å². The summed E-state index contributed by atoms with van der Waals surface area (Å²) in [5.41, 5.74) is 18.7. The van der Waals surface area contributed by atoms with E-state index in [1.807, 2.05) is 27.7 Å². The minimum atomic E-state index is -2.00. The number of hydrogen-bond donors (Lipinski definition) is 17. The van der Waals surface area contributed by atoms with Gasteiger partial charge in [-0.25, -0.2) is 4.98 Å². The van der Waals surface area contributed by atoms with Gasteiger partial charge in [-0.2, -0.15) is 0 Å². The molecule has 2 aliphatic heterocycles. The molecule has 0 saturated carbocycles. The summed E-state index contributed by atoms with van der Waals surface area (Å²) in [6.45, 7) is 14.0. The molecule has 3 heterocycles. The number of carboxylic acid groups (broad SMARTS) is 2. The summed E-state index contributed by atoms with van der Waals surface area (Å²) >= 11 is 1.36. The lowest BCUT2D eigenvalue weighted by Crippen LogP contribution is -2.61. The SMILES string of the molecule is CC[C@H](C)[C@H](N)C1=N[C@H](C(=O)N[C@@H](CC(C)C)C(=O)N[C@H](CCC(=O)O)C(=O)N[C@H](C(=O)NCCCC[C@@H]2NC(=O)[C@H](CC(N)=O)NC(=O)[C@@H](CC(=O)O)NC(=O)[C@H](Cc3cnc[nH]3)NC(=O)[C@@H](Cc3ccccc3)NC(=O)[C@H](C(C)C)NC(=O)[C@@H](CCCN)NC2=O)C(C)C)CS1. The summed E-state index contributed by atoms with van der Waals surface area (Å²) < 4.78 is 0. The van der Waals surface area contributed by atoms with Gasteiger partial charge in [0.1, 0.15) is 66.5 Å². The van der Waals surface area contributed by atoms with Crippen molar-refractivity contribution in [3.63, 3.8) is 0 Å². The first-order valence-corrected chi connectivity index (χ1v) is 34.0. The average molecular weight is 1390 g/mol. The number of nitrogens with one attached hydrogen (secondary N) is 12. The lowest BCUT2D eigenvalue weighted by atomic mass is 9.99. The number of benzene rings is 1. The molecule has 1 aromatic carbocycles. The number of hydrogen-bond acceptors (Lipinski definition) is 19. The molecule has 33 nitrogen and oxygen atoms in total. The van der Waals surface area contributed by atoms with Gasteiger partial charge >= 0.3 is 11.9 Å². The van der Waals surface area contributed by atoms with Gasteiger partial charge in [0, 0.05) is 43.5 Å². The number of imidazole rings is 1. The van der Waals surface area contributed by atoms with E-state index in [-0.39, 0.29) is 82.3 Å². The average Bonchev–Trinajstić information content (AvgIpc) is 1.34. The predicted molar refractivity (Wildman–Crippen MR) is 360 cm³/mol. The Hall–Kier alpha value is -9.05. The zero-order valence-electron chi connectivity index (χ0n) is 56.7. The molecule has 12 amide bonds. The van der Waals surface area contributed by atoms with Crippen molar-refractivity contribution in [1.29, 1.82) is 0 Å². The molecule has 20 N–H and O–H groups in total. The zero-order chi connectivity index (χ0) is 72.9. The number of primary amides is 1. The molecule has 1 aromatic heterocycles. The van der Waals surface area contributed by atoms with E-state index in [9.17, 15) is 77.3 Å². The third-order valence-corrected chi connectivity index (χ3v) is 17.5. The van der Waals surface area contributed by atoms with E-state index >= 15 is 0 Å². The summed E-state index contributed by atoms with van der Waals surface area (Å²) in [4.78, 5) is 204. The Bertz CT molecular complexity index is 3120. The number of aliphatic imine (C=N–C) groups is 1. The first-order chi connectivity index (χ1) is 46.3. The molecule has 34 heteroatoms. The van der Waals surface area contributed by atoms with Gasteiger partial charge in [0.2, 0.25) is 70.9 Å². The molecule has 542 valence electrons. The Labute approximate surface area is 573 Å². The molecule has 0 bridgehead atoms. The fourth-order valence-corrected chi connectivity index (χ4v) is 11.7. The summed E-state index contributed by atoms with van der Waals surface area (Å²) in [6, 6.07) is -8.11. The van der Waals surface area contributed by atoms with Gasteiger partial charge in [0.25, 0.3) is 0 Å². The smallest absolute Gasteiger partial charge is 0.305 e. The maximum absolute atomic E-state index is 14.6. The van der Waals surface area contributed by atoms with Crippen molar-refractivity contribution in [3.05, 3.63) is 54.1 Å². The molecular weight excluding hydrogens is 1290 g/mol. The number of aromatic amines is 1. The third kappa shape index (κ3) is 27.1. The quantitative estimate of drug-likeness (QED) is 0.0330. The van der Waals surface area contributed by atoms with Gasteiger partial charge in [0.05, 0.1) is 30.3 Å². The molecule has 2 aromatic rings. The van der Waals surface area contributed by atoms with Crippen LogP contribution in [0.5, 0.6) is 0 Å². The highest BCUT2D eigenvalue weighted by atomic mass is 32.2. The van der Waals surface area contributed by atoms with Gasteiger partial charge in [0.15, 0.2) is 0 Å². The number of nitrogens with two attached hydrogens (primary N) is 3. The van der Waals surface area contributed by atoms with Crippen molar-refractivity contribution < 1.29 is 77.3 Å². The number of carbonyl (C=O) groups excluding carboxylic acids is 12. The highest BCUT2D eigenvalue weighted by Gasteiger charge is 2.39. The lowest BCUT2D eigenvalue weighted by Gasteiger charge is -2.29. The number of nitrogens with zero attached hydrogens (tertiary/aromatic N) is 2. The Morgan fingerprint density at radius 1 is 0.643 bits per heavy atom. The fraction of sp³-hybridized carbons (Fsp3) is 0.625. The standard InChI is InChI=1S/C64H99N17O16S/c1-9-35(8)50(67)64-79-46(30-98-64)61(95)74-41(24-32(2)3)56(90)73-40(20-21-48(83)84)55(89)80-51(33(4)5)62(96)69-23-14-13-18-38-53(87)71-39(19-15-22-65)54(88)81-52(34(6)7)63(97)78-42(25-36-16-11-10-12-17-36)57(91)75-43(26-37-29-68-31-70-37)58(92)77-45(28-49(85)86)60(94)76-44(27-47(66)82)59(93)72-38/h10-12,16-17,29,31-35,38-46,50-52H,9,13-15,18-28,30,65,67H2,1-8H3,(H2,66,82)(H,68,70)(H,69,96)(H,71,87)(H,72,93)(H,73,90)(H,74,95)(H,75,91)(H,76,94)(H,77,92)(H,78,97)(H,80,89)(H,81,88)(H,83,84)(H,85,86)/t35-,38-,39+,40+,41-,42+,43-,44-,45+,46-,50-,51-,52-/m0/s1. The Morgan fingerprint density at radius 2 is 1.19 bits per heavy atom. The van der Waals surface area contributed by atoms with Crippen LogP contribution >= 0.6 is 11.8 Å². The first kappa shape index (κ1) is 81.4. The van der Waals surface area contributed by atoms with Crippen LogP contribution in [-0.2, 0) is 80.0 Å². The van der Waals surface area contributed by atoms with Crippen molar-refractivity contribution in [2.45, 2.75) is 211 Å². The minimum Gasteiger partial charge on any atom is -0.481 e. The van der Waals surface area contributed by atoms with Crippen molar-refractivity contribution in [2.75, 3.05) is 18.8 Å². The molecule has 13 atom stereocenters. The van der Waals surface area contributed by atoms with E-state index in [1.54, 1.807) is 58.0 Å². The van der Waals surface area contributed by atoms with Crippen LogP contribution in [0.15, 0.2) is 47.8 Å². The first-order valence-electron chi connectivity index (χ1n) is 33.0. The van der Waals surface area contributed by atoms with Gasteiger partial charge in [-0.3, -0.25) is 72.1 Å². The molecule has 0 unspecified atom stereocenters. The van der Waals surface area contributed by atoms with Crippen LogP contribution in [-0.4, -0.2) is 199 Å². The molecular formula is C64H99N17O16S. The van der Waals surface area contributed by atoms with Gasteiger partial charge in [-0.1, -0.05) is 92.1 Å². The van der Waals surface area contributed by atoms with E-state index in [4.69, 9.17) is 17.2 Å². The van der Waals surface area contributed by atoms with Crippen LogP contribution in [0, 0.1) is 23.7 Å². The second-order valence-electron chi connectivity index (χ2n) is 25.7. The summed E-state index contributed by atoms with van der Waals surface area (Å²) in [5, 5.41) is 48.6. The number of aliphatic carboxylic acids is 2. The molecule has 98 heavy (non-hydrogen) atoms. The minimum absolute atomic E-state index is 0.00113. The topological polar surface area (TPSA) is 531 Å². The third-order valence-electron chi connectivity index (χ3n) is 16.4. The maximum atomic E-state index is 14.6. The van der Waals surface area contributed by atoms with Gasteiger partial charge in [-0.15, -0.1) is 11.8 Å². The highest BCUT2D eigenvalue weighted by molar-refractivity contribution is 8.14. The number of H-pyrrole nitrogens is 1. The van der Waals surface area contributed by atoms with Gasteiger partial charge < -0.3 is 90.9 Å². The number of carbonyl (C=O) groups is 14. The molecule has 0 radical (unpaired) electrons. The zero-order valence-corrected chi connectivity index (χ0v) is 57.6. The monoisotopic (exact) mass is 1390 g/mol.